The van der Waals surface area contributed by atoms with Gasteiger partial charge in [0.1, 0.15) is 0 Å². The molecule has 86 valence electrons. The van der Waals surface area contributed by atoms with Crippen LogP contribution in [0.1, 0.15) is 43.7 Å². The monoisotopic (exact) mass is 215 g/mol. The Morgan fingerprint density at radius 1 is 1.25 bits per heavy atom. The average Bonchev–Trinajstić information content (AvgIpc) is 3.09. The van der Waals surface area contributed by atoms with Gasteiger partial charge in [0.05, 0.1) is 0 Å². The molecule has 1 saturated carbocycles. The van der Waals surface area contributed by atoms with Crippen molar-refractivity contribution < 1.29 is 0 Å². The lowest BCUT2D eigenvalue weighted by Crippen LogP contribution is -2.12. The largest absolute Gasteiger partial charge is 0.309 e. The van der Waals surface area contributed by atoms with Crippen molar-refractivity contribution in [3.8, 4) is 0 Å². The minimum absolute atomic E-state index is 0.868. The Kier molecular flexibility index (Phi) is 3.79. The average molecular weight is 215 g/mol. The van der Waals surface area contributed by atoms with Crippen molar-refractivity contribution in [1.29, 1.82) is 0 Å². The Hall–Kier alpha value is -1.08. The van der Waals surface area contributed by atoms with E-state index in [-0.39, 0.29) is 0 Å². The van der Waals surface area contributed by atoms with Crippen LogP contribution in [0.4, 0.5) is 0 Å². The third-order valence-electron chi connectivity index (χ3n) is 3.01. The first-order chi connectivity index (χ1) is 7.75. The summed E-state index contributed by atoms with van der Waals surface area (Å²) >= 11 is 0. The molecule has 0 heterocycles. The number of hydrogen-bond acceptors (Lipinski definition) is 1. The smallest absolute Gasteiger partial charge is 0.0208 e. The van der Waals surface area contributed by atoms with Crippen LogP contribution < -0.4 is 5.32 Å². The summed E-state index contributed by atoms with van der Waals surface area (Å²) in [5.41, 5.74) is 4.27. The summed E-state index contributed by atoms with van der Waals surface area (Å²) < 4.78 is 0. The summed E-state index contributed by atoms with van der Waals surface area (Å²) in [6.45, 7) is 6.19. The van der Waals surface area contributed by atoms with Gasteiger partial charge in [0, 0.05) is 13.1 Å². The van der Waals surface area contributed by atoms with E-state index < -0.39 is 0 Å². The molecule has 1 nitrogen and oxygen atoms in total. The van der Waals surface area contributed by atoms with E-state index in [1.807, 2.05) is 0 Å². The van der Waals surface area contributed by atoms with Gasteiger partial charge in [-0.05, 0) is 43.7 Å². The molecule has 0 amide bonds. The molecule has 1 aromatic carbocycles. The van der Waals surface area contributed by atoms with Gasteiger partial charge in [-0.2, -0.15) is 0 Å². The van der Waals surface area contributed by atoms with E-state index in [2.05, 4.69) is 49.5 Å². The Morgan fingerprint density at radius 2 is 1.94 bits per heavy atom. The van der Waals surface area contributed by atoms with Crippen molar-refractivity contribution in [1.82, 2.24) is 5.32 Å². The lowest BCUT2D eigenvalue weighted by atomic mass is 10.1. The molecular weight excluding hydrogens is 194 g/mol. The molecule has 0 radical (unpaired) electrons. The van der Waals surface area contributed by atoms with Gasteiger partial charge in [-0.25, -0.2) is 0 Å². The van der Waals surface area contributed by atoms with E-state index >= 15 is 0 Å². The Labute approximate surface area is 98.6 Å². The van der Waals surface area contributed by atoms with Gasteiger partial charge < -0.3 is 5.32 Å². The number of hydrogen-bond donors (Lipinski definition) is 1. The van der Waals surface area contributed by atoms with E-state index in [1.165, 1.54) is 29.5 Å². The summed E-state index contributed by atoms with van der Waals surface area (Å²) in [5, 5.41) is 3.42. The topological polar surface area (TPSA) is 12.0 Å². The van der Waals surface area contributed by atoms with Crippen LogP contribution in [-0.2, 0) is 6.54 Å². The zero-order chi connectivity index (χ0) is 11.4. The molecule has 0 spiro atoms. The van der Waals surface area contributed by atoms with Crippen LogP contribution in [0.2, 0.25) is 0 Å². The van der Waals surface area contributed by atoms with Crippen LogP contribution in [0.3, 0.4) is 0 Å². The normalized spacial score (nSPS) is 14.9. The van der Waals surface area contributed by atoms with Crippen LogP contribution in [0.15, 0.2) is 35.9 Å². The number of rotatable bonds is 5. The van der Waals surface area contributed by atoms with Gasteiger partial charge in [-0.1, -0.05) is 35.9 Å². The number of allylic oxidation sites excluding steroid dienone is 1. The lowest BCUT2D eigenvalue weighted by molar-refractivity contribution is 0.756. The quantitative estimate of drug-likeness (QED) is 0.584. The third kappa shape index (κ3) is 3.49. The van der Waals surface area contributed by atoms with Crippen LogP contribution in [0.5, 0.6) is 0 Å². The van der Waals surface area contributed by atoms with Gasteiger partial charge in [0.25, 0.3) is 0 Å². The summed E-state index contributed by atoms with van der Waals surface area (Å²) in [7, 11) is 0. The molecule has 0 atom stereocenters. The van der Waals surface area contributed by atoms with Gasteiger partial charge in [0.15, 0.2) is 0 Å². The molecule has 1 aromatic rings. The predicted molar refractivity (Wildman–Crippen MR) is 69.6 cm³/mol. The molecule has 1 aliphatic carbocycles. The fourth-order valence-corrected chi connectivity index (χ4v) is 1.82. The molecule has 0 aromatic heterocycles. The zero-order valence-electron chi connectivity index (χ0n) is 10.3. The third-order valence-corrected chi connectivity index (χ3v) is 3.01. The molecule has 0 bridgehead atoms. The highest BCUT2D eigenvalue weighted by molar-refractivity contribution is 5.27. The van der Waals surface area contributed by atoms with Gasteiger partial charge in [-0.15, -0.1) is 0 Å². The first-order valence-corrected chi connectivity index (χ1v) is 6.18. The highest BCUT2D eigenvalue weighted by atomic mass is 14.8. The minimum Gasteiger partial charge on any atom is -0.309 e. The second-order valence-electron chi connectivity index (χ2n) is 4.93. The van der Waals surface area contributed by atoms with E-state index in [0.717, 1.165) is 19.0 Å². The molecule has 1 fully saturated rings. The van der Waals surface area contributed by atoms with E-state index in [4.69, 9.17) is 0 Å². The van der Waals surface area contributed by atoms with E-state index in [0.29, 0.717) is 0 Å². The maximum Gasteiger partial charge on any atom is 0.0208 e. The molecule has 1 N–H and O–H groups in total. The van der Waals surface area contributed by atoms with Crippen molar-refractivity contribution in [2.24, 2.45) is 0 Å². The minimum atomic E-state index is 0.868. The highest BCUT2D eigenvalue weighted by Crippen LogP contribution is 2.39. The Bertz CT molecular complexity index is 354. The maximum atomic E-state index is 3.42. The molecule has 0 saturated heterocycles. The van der Waals surface area contributed by atoms with Crippen LogP contribution in [0.25, 0.3) is 0 Å². The highest BCUT2D eigenvalue weighted by Gasteiger charge is 2.22. The Balaban J connectivity index is 1.78. The van der Waals surface area contributed by atoms with Crippen molar-refractivity contribution in [2.45, 2.75) is 39.2 Å². The van der Waals surface area contributed by atoms with Crippen molar-refractivity contribution in [3.05, 3.63) is 47.0 Å². The first kappa shape index (κ1) is 11.4. The van der Waals surface area contributed by atoms with Crippen LogP contribution >= 0.6 is 0 Å². The number of benzene rings is 1. The fourth-order valence-electron chi connectivity index (χ4n) is 1.82. The van der Waals surface area contributed by atoms with Gasteiger partial charge in [-0.3, -0.25) is 0 Å². The predicted octanol–water partition coefficient (Wildman–Crippen LogP) is 3.62. The molecular formula is C15H21N. The first-order valence-electron chi connectivity index (χ1n) is 6.18. The maximum absolute atomic E-state index is 3.42. The molecule has 1 aliphatic rings. The molecule has 2 rings (SSSR count). The number of nitrogens with one attached hydrogen (secondary N) is 1. The zero-order valence-corrected chi connectivity index (χ0v) is 10.3. The molecule has 0 aliphatic heterocycles. The second-order valence-corrected chi connectivity index (χ2v) is 4.93. The fraction of sp³-hybridized carbons (Fsp3) is 0.467. The van der Waals surface area contributed by atoms with Gasteiger partial charge in [0.2, 0.25) is 0 Å². The van der Waals surface area contributed by atoms with E-state index in [1.54, 1.807) is 0 Å². The van der Waals surface area contributed by atoms with Gasteiger partial charge >= 0.3 is 0 Å². The molecule has 0 unspecified atom stereocenters. The Morgan fingerprint density at radius 3 is 2.50 bits per heavy atom. The standard InChI is InChI=1S/C15H21N/c1-12(2)9-10-16-11-13-3-5-14(6-4-13)15-7-8-15/h3-6,9,15-16H,7-8,10-11H2,1-2H3. The van der Waals surface area contributed by atoms with Crippen molar-refractivity contribution in [3.63, 3.8) is 0 Å². The summed E-state index contributed by atoms with van der Waals surface area (Å²) in [5.74, 6) is 0.868. The van der Waals surface area contributed by atoms with Crippen LogP contribution in [0, 0.1) is 0 Å². The SMILES string of the molecule is CC(C)=CCNCc1ccc(C2CC2)cc1. The summed E-state index contributed by atoms with van der Waals surface area (Å²) in [4.78, 5) is 0. The van der Waals surface area contributed by atoms with Crippen molar-refractivity contribution in [2.75, 3.05) is 6.54 Å². The van der Waals surface area contributed by atoms with E-state index in [9.17, 15) is 0 Å². The van der Waals surface area contributed by atoms with Crippen molar-refractivity contribution >= 4 is 0 Å². The lowest BCUT2D eigenvalue weighted by Gasteiger charge is -2.04. The van der Waals surface area contributed by atoms with Crippen LogP contribution in [-0.4, -0.2) is 6.54 Å². The molecule has 1 heteroatoms. The summed E-state index contributed by atoms with van der Waals surface area (Å²) in [6, 6.07) is 9.08. The molecule has 16 heavy (non-hydrogen) atoms. The second kappa shape index (κ2) is 5.31. The summed E-state index contributed by atoms with van der Waals surface area (Å²) in [6.07, 6.45) is 4.99.